The lowest BCUT2D eigenvalue weighted by Crippen LogP contribution is -2.34. The molecule has 0 bridgehead atoms. The summed E-state index contributed by atoms with van der Waals surface area (Å²) in [6, 6.07) is 7.70. The number of rotatable bonds is 6. The van der Waals surface area contributed by atoms with Crippen molar-refractivity contribution in [3.63, 3.8) is 0 Å². The molecule has 0 fully saturated rings. The smallest absolute Gasteiger partial charge is 0.303 e. The van der Waals surface area contributed by atoms with Crippen LogP contribution >= 0.6 is 0 Å². The molecule has 0 spiro atoms. The van der Waals surface area contributed by atoms with Crippen molar-refractivity contribution in [2.75, 3.05) is 0 Å². The van der Waals surface area contributed by atoms with Crippen molar-refractivity contribution in [3.05, 3.63) is 35.4 Å². The molecule has 4 heteroatoms. The minimum Gasteiger partial charge on any atom is -0.481 e. The molecule has 0 aliphatic heterocycles. The van der Waals surface area contributed by atoms with Crippen LogP contribution in [0.1, 0.15) is 43.7 Å². The highest BCUT2D eigenvalue weighted by atomic mass is 16.4. The van der Waals surface area contributed by atoms with Crippen LogP contribution in [-0.4, -0.2) is 23.0 Å². The van der Waals surface area contributed by atoms with E-state index in [1.54, 1.807) is 0 Å². The summed E-state index contributed by atoms with van der Waals surface area (Å²) in [5.41, 5.74) is 1.94. The summed E-state index contributed by atoms with van der Waals surface area (Å²) in [5, 5.41) is 11.6. The maximum Gasteiger partial charge on any atom is 0.303 e. The van der Waals surface area contributed by atoms with Crippen molar-refractivity contribution < 1.29 is 14.7 Å². The predicted molar refractivity (Wildman–Crippen MR) is 74.1 cm³/mol. The van der Waals surface area contributed by atoms with Crippen molar-refractivity contribution in [3.8, 4) is 0 Å². The zero-order valence-corrected chi connectivity index (χ0v) is 11.6. The Kier molecular flexibility index (Phi) is 5.55. The first-order valence-electron chi connectivity index (χ1n) is 6.49. The Balaban J connectivity index is 2.91. The van der Waals surface area contributed by atoms with Gasteiger partial charge in [-0.1, -0.05) is 29.8 Å². The molecule has 104 valence electrons. The fourth-order valence-corrected chi connectivity index (χ4v) is 1.99. The van der Waals surface area contributed by atoms with Crippen molar-refractivity contribution in [2.45, 2.75) is 45.6 Å². The van der Waals surface area contributed by atoms with E-state index in [2.05, 4.69) is 5.32 Å². The van der Waals surface area contributed by atoms with Crippen LogP contribution in [-0.2, 0) is 9.59 Å². The molecule has 0 radical (unpaired) electrons. The third kappa shape index (κ3) is 5.12. The summed E-state index contributed by atoms with van der Waals surface area (Å²) < 4.78 is 0. The molecule has 1 amide bonds. The SMILES string of the molecule is Cc1cccc(C(CCC(=O)O)C(=O)NC(C)C)c1. The van der Waals surface area contributed by atoms with Crippen molar-refractivity contribution >= 4 is 11.9 Å². The predicted octanol–water partition coefficient (Wildman–Crippen LogP) is 2.47. The van der Waals surface area contributed by atoms with Crippen molar-refractivity contribution in [2.24, 2.45) is 0 Å². The van der Waals surface area contributed by atoms with Crippen molar-refractivity contribution in [1.82, 2.24) is 5.32 Å². The molecule has 19 heavy (non-hydrogen) atoms. The van der Waals surface area contributed by atoms with E-state index in [9.17, 15) is 9.59 Å². The Morgan fingerprint density at radius 3 is 2.53 bits per heavy atom. The van der Waals surface area contributed by atoms with E-state index in [0.717, 1.165) is 11.1 Å². The average Bonchev–Trinajstić information content (AvgIpc) is 2.27. The molecule has 1 aromatic rings. The Morgan fingerprint density at radius 2 is 2.00 bits per heavy atom. The monoisotopic (exact) mass is 263 g/mol. The maximum atomic E-state index is 12.2. The number of carbonyl (C=O) groups excluding carboxylic acids is 1. The first kappa shape index (κ1) is 15.2. The number of hydrogen-bond acceptors (Lipinski definition) is 2. The molecular formula is C15H21NO3. The molecule has 0 aliphatic rings. The quantitative estimate of drug-likeness (QED) is 0.828. The number of aryl methyl sites for hydroxylation is 1. The molecule has 1 aromatic carbocycles. The Hall–Kier alpha value is -1.84. The number of benzene rings is 1. The number of nitrogens with one attached hydrogen (secondary N) is 1. The third-order valence-electron chi connectivity index (χ3n) is 2.84. The fourth-order valence-electron chi connectivity index (χ4n) is 1.99. The Morgan fingerprint density at radius 1 is 1.32 bits per heavy atom. The number of carboxylic acid groups (broad SMARTS) is 1. The minimum atomic E-state index is -0.880. The van der Waals surface area contributed by atoms with Gasteiger partial charge in [0, 0.05) is 12.5 Å². The normalized spacial score (nSPS) is 12.2. The van der Waals surface area contributed by atoms with Crippen LogP contribution < -0.4 is 5.32 Å². The number of aliphatic carboxylic acids is 1. The van der Waals surface area contributed by atoms with Gasteiger partial charge in [-0.15, -0.1) is 0 Å². The largest absolute Gasteiger partial charge is 0.481 e. The van der Waals surface area contributed by atoms with Gasteiger partial charge in [0.25, 0.3) is 0 Å². The fraction of sp³-hybridized carbons (Fsp3) is 0.467. The summed E-state index contributed by atoms with van der Waals surface area (Å²) >= 11 is 0. The number of carbonyl (C=O) groups is 2. The molecule has 0 saturated heterocycles. The van der Waals surface area contributed by atoms with Gasteiger partial charge in [-0.3, -0.25) is 9.59 Å². The summed E-state index contributed by atoms with van der Waals surface area (Å²) in [7, 11) is 0. The highest BCUT2D eigenvalue weighted by molar-refractivity contribution is 5.84. The molecule has 1 atom stereocenters. The Labute approximate surface area is 113 Å². The summed E-state index contributed by atoms with van der Waals surface area (Å²) in [4.78, 5) is 22.9. The van der Waals surface area contributed by atoms with Crippen LogP contribution in [0.4, 0.5) is 0 Å². The maximum absolute atomic E-state index is 12.2. The topological polar surface area (TPSA) is 66.4 Å². The zero-order valence-electron chi connectivity index (χ0n) is 11.6. The molecule has 0 saturated carbocycles. The molecule has 1 rings (SSSR count). The second-order valence-electron chi connectivity index (χ2n) is 5.06. The van der Waals surface area contributed by atoms with E-state index in [4.69, 9.17) is 5.11 Å². The van der Waals surface area contributed by atoms with E-state index in [1.807, 2.05) is 45.0 Å². The van der Waals surface area contributed by atoms with E-state index >= 15 is 0 Å². The van der Waals surface area contributed by atoms with Gasteiger partial charge in [0.05, 0.1) is 5.92 Å². The summed E-state index contributed by atoms with van der Waals surface area (Å²) in [5.74, 6) is -1.39. The van der Waals surface area contributed by atoms with E-state index < -0.39 is 11.9 Å². The number of carboxylic acids is 1. The van der Waals surface area contributed by atoms with Crippen LogP contribution in [0.3, 0.4) is 0 Å². The zero-order chi connectivity index (χ0) is 14.4. The molecule has 0 aliphatic carbocycles. The lowest BCUT2D eigenvalue weighted by molar-refractivity contribution is -0.137. The standard InChI is InChI=1S/C15H21NO3/c1-10(2)16-15(19)13(7-8-14(17)18)12-6-4-5-11(3)9-12/h4-6,9-10,13H,7-8H2,1-3H3,(H,16,19)(H,17,18). The van der Waals surface area contributed by atoms with E-state index in [-0.39, 0.29) is 18.4 Å². The van der Waals surface area contributed by atoms with Crippen LogP contribution in [0.5, 0.6) is 0 Å². The highest BCUT2D eigenvalue weighted by Gasteiger charge is 2.22. The minimum absolute atomic E-state index is 0.00980. The number of amides is 1. The van der Waals surface area contributed by atoms with Gasteiger partial charge in [0.15, 0.2) is 0 Å². The summed E-state index contributed by atoms with van der Waals surface area (Å²) in [6.45, 7) is 5.74. The van der Waals surface area contributed by atoms with Gasteiger partial charge in [0.2, 0.25) is 5.91 Å². The second kappa shape index (κ2) is 6.92. The molecule has 1 unspecified atom stereocenters. The number of hydrogen-bond donors (Lipinski definition) is 2. The van der Waals surface area contributed by atoms with Gasteiger partial charge in [0.1, 0.15) is 0 Å². The summed E-state index contributed by atoms with van der Waals surface area (Å²) in [6.07, 6.45) is 0.307. The van der Waals surface area contributed by atoms with Crippen molar-refractivity contribution in [1.29, 1.82) is 0 Å². The third-order valence-corrected chi connectivity index (χ3v) is 2.84. The first-order valence-corrected chi connectivity index (χ1v) is 6.49. The van der Waals surface area contributed by atoms with Crippen LogP contribution in [0.2, 0.25) is 0 Å². The second-order valence-corrected chi connectivity index (χ2v) is 5.06. The molecular weight excluding hydrogens is 242 g/mol. The van der Waals surface area contributed by atoms with Gasteiger partial charge in [-0.2, -0.15) is 0 Å². The molecule has 2 N–H and O–H groups in total. The highest BCUT2D eigenvalue weighted by Crippen LogP contribution is 2.22. The average molecular weight is 263 g/mol. The van der Waals surface area contributed by atoms with Crippen LogP contribution in [0, 0.1) is 6.92 Å². The van der Waals surface area contributed by atoms with Crippen LogP contribution in [0.15, 0.2) is 24.3 Å². The first-order chi connectivity index (χ1) is 8.90. The van der Waals surface area contributed by atoms with Gasteiger partial charge in [-0.25, -0.2) is 0 Å². The molecule has 4 nitrogen and oxygen atoms in total. The van der Waals surface area contributed by atoms with Crippen LogP contribution in [0.25, 0.3) is 0 Å². The van der Waals surface area contributed by atoms with Gasteiger partial charge in [-0.05, 0) is 32.8 Å². The Bertz CT molecular complexity index is 454. The molecule has 0 aromatic heterocycles. The van der Waals surface area contributed by atoms with E-state index in [1.165, 1.54) is 0 Å². The lowest BCUT2D eigenvalue weighted by Gasteiger charge is -2.18. The van der Waals surface area contributed by atoms with Gasteiger partial charge < -0.3 is 10.4 Å². The molecule has 0 heterocycles. The van der Waals surface area contributed by atoms with E-state index in [0.29, 0.717) is 6.42 Å². The van der Waals surface area contributed by atoms with Gasteiger partial charge >= 0.3 is 5.97 Å². The lowest BCUT2D eigenvalue weighted by atomic mass is 9.92.